The Morgan fingerprint density at radius 3 is 2.38 bits per heavy atom. The standard InChI is InChI=1S/C20H18FNOS/c21-16-11-9-15(10-12-16)20(13-18(23)14-5-1-2-6-14)24-19-8-4-3-7-17(19)22/h1-12,20,23H,13,22H2. The van der Waals surface area contributed by atoms with Crippen molar-refractivity contribution in [3.05, 3.63) is 95.5 Å². The van der Waals surface area contributed by atoms with Crippen molar-refractivity contribution in [2.75, 3.05) is 5.73 Å². The van der Waals surface area contributed by atoms with Gasteiger partial charge < -0.3 is 10.8 Å². The van der Waals surface area contributed by atoms with Gasteiger partial charge in [0, 0.05) is 27.8 Å². The van der Waals surface area contributed by atoms with Gasteiger partial charge in [0.15, 0.2) is 0 Å². The summed E-state index contributed by atoms with van der Waals surface area (Å²) in [6.45, 7) is 0. The second-order valence-corrected chi connectivity index (χ2v) is 6.76. The highest BCUT2D eigenvalue weighted by Crippen LogP contribution is 2.42. The number of halogens is 1. The van der Waals surface area contributed by atoms with Crippen LogP contribution in [0, 0.1) is 5.82 Å². The molecule has 0 spiro atoms. The van der Waals surface area contributed by atoms with E-state index in [9.17, 15) is 9.50 Å². The molecule has 2 nitrogen and oxygen atoms in total. The Labute approximate surface area is 145 Å². The van der Waals surface area contributed by atoms with Gasteiger partial charge in [-0.15, -0.1) is 11.8 Å². The Morgan fingerprint density at radius 1 is 1.04 bits per heavy atom. The highest BCUT2D eigenvalue weighted by molar-refractivity contribution is 7.99. The first-order chi connectivity index (χ1) is 11.6. The first kappa shape index (κ1) is 16.4. The molecule has 4 heteroatoms. The van der Waals surface area contributed by atoms with Gasteiger partial charge in [-0.1, -0.05) is 48.6 Å². The van der Waals surface area contributed by atoms with Gasteiger partial charge in [-0.3, -0.25) is 0 Å². The number of aliphatic hydroxyl groups is 1. The lowest BCUT2D eigenvalue weighted by molar-refractivity contribution is 0.384. The molecule has 0 heterocycles. The van der Waals surface area contributed by atoms with Crippen LogP contribution >= 0.6 is 11.8 Å². The summed E-state index contributed by atoms with van der Waals surface area (Å²) in [7, 11) is 0. The van der Waals surface area contributed by atoms with E-state index in [2.05, 4.69) is 0 Å². The van der Waals surface area contributed by atoms with Crippen molar-refractivity contribution in [2.24, 2.45) is 0 Å². The lowest BCUT2D eigenvalue weighted by Gasteiger charge is -2.18. The number of rotatable bonds is 5. The van der Waals surface area contributed by atoms with Crippen LogP contribution in [0.4, 0.5) is 10.1 Å². The number of hydrogen-bond donors (Lipinski definition) is 2. The SMILES string of the molecule is Nc1ccccc1SC(CC(O)=C1C=CC=C1)c1ccc(F)cc1. The van der Waals surface area contributed by atoms with Gasteiger partial charge in [0.1, 0.15) is 11.6 Å². The Bertz CT molecular complexity index is 795. The summed E-state index contributed by atoms with van der Waals surface area (Å²) in [6, 6.07) is 14.0. The molecule has 2 aromatic carbocycles. The Balaban J connectivity index is 1.90. The van der Waals surface area contributed by atoms with Gasteiger partial charge in [0.25, 0.3) is 0 Å². The summed E-state index contributed by atoms with van der Waals surface area (Å²) in [5.41, 5.74) is 8.50. The molecular formula is C20H18FNOS. The topological polar surface area (TPSA) is 46.2 Å². The average Bonchev–Trinajstić information content (AvgIpc) is 3.11. The van der Waals surface area contributed by atoms with Crippen LogP contribution in [-0.2, 0) is 0 Å². The Kier molecular flexibility index (Phi) is 5.06. The van der Waals surface area contributed by atoms with Crippen LogP contribution in [0.2, 0.25) is 0 Å². The van der Waals surface area contributed by atoms with Crippen LogP contribution in [0.15, 0.2) is 89.1 Å². The highest BCUT2D eigenvalue weighted by atomic mass is 32.2. The van der Waals surface area contributed by atoms with E-state index in [1.54, 1.807) is 23.9 Å². The Hall–Kier alpha value is -2.46. The van der Waals surface area contributed by atoms with Gasteiger partial charge in [-0.2, -0.15) is 0 Å². The predicted octanol–water partition coefficient (Wildman–Crippen LogP) is 5.57. The maximum atomic E-state index is 13.2. The third-order valence-electron chi connectivity index (χ3n) is 3.80. The van der Waals surface area contributed by atoms with E-state index >= 15 is 0 Å². The maximum absolute atomic E-state index is 13.2. The summed E-state index contributed by atoms with van der Waals surface area (Å²) >= 11 is 1.57. The highest BCUT2D eigenvalue weighted by Gasteiger charge is 2.18. The third kappa shape index (κ3) is 3.89. The van der Waals surface area contributed by atoms with Crippen molar-refractivity contribution < 1.29 is 9.50 Å². The van der Waals surface area contributed by atoms with Crippen molar-refractivity contribution in [1.29, 1.82) is 0 Å². The molecule has 0 bridgehead atoms. The fourth-order valence-electron chi connectivity index (χ4n) is 2.51. The minimum atomic E-state index is -0.272. The van der Waals surface area contributed by atoms with Gasteiger partial charge >= 0.3 is 0 Å². The first-order valence-corrected chi connectivity index (χ1v) is 8.55. The molecule has 3 rings (SSSR count). The molecule has 3 N–H and O–H groups in total. The third-order valence-corrected chi connectivity index (χ3v) is 5.15. The van der Waals surface area contributed by atoms with Crippen LogP contribution in [0.5, 0.6) is 0 Å². The summed E-state index contributed by atoms with van der Waals surface area (Å²) in [4.78, 5) is 0.946. The number of aliphatic hydroxyl groups excluding tert-OH is 1. The molecule has 0 fully saturated rings. The first-order valence-electron chi connectivity index (χ1n) is 7.67. The van der Waals surface area contributed by atoms with Crippen molar-refractivity contribution in [1.82, 2.24) is 0 Å². The number of allylic oxidation sites excluding steroid dienone is 6. The average molecular weight is 339 g/mol. The van der Waals surface area contributed by atoms with Gasteiger partial charge in [-0.05, 0) is 29.8 Å². The maximum Gasteiger partial charge on any atom is 0.123 e. The number of para-hydroxylation sites is 1. The summed E-state index contributed by atoms with van der Waals surface area (Å²) in [5, 5.41) is 10.4. The summed E-state index contributed by atoms with van der Waals surface area (Å²) in [6.07, 6.45) is 7.97. The minimum absolute atomic E-state index is 0.0646. The van der Waals surface area contributed by atoms with Gasteiger partial charge in [0.05, 0.1) is 0 Å². The minimum Gasteiger partial charge on any atom is -0.512 e. The molecule has 0 saturated carbocycles. The van der Waals surface area contributed by atoms with Gasteiger partial charge in [0.2, 0.25) is 0 Å². The van der Waals surface area contributed by atoms with Crippen molar-refractivity contribution in [3.8, 4) is 0 Å². The van der Waals surface area contributed by atoms with Crippen LogP contribution < -0.4 is 5.73 Å². The molecule has 1 aliphatic rings. The normalized spacial score (nSPS) is 14.1. The quantitative estimate of drug-likeness (QED) is 0.425. The van der Waals surface area contributed by atoms with E-state index in [-0.39, 0.29) is 11.1 Å². The van der Waals surface area contributed by atoms with E-state index in [1.807, 2.05) is 48.6 Å². The molecule has 0 aromatic heterocycles. The lowest BCUT2D eigenvalue weighted by Crippen LogP contribution is -2.00. The van der Waals surface area contributed by atoms with Crippen molar-refractivity contribution in [2.45, 2.75) is 16.6 Å². The number of thioether (sulfide) groups is 1. The van der Waals surface area contributed by atoms with Crippen LogP contribution in [0.1, 0.15) is 17.2 Å². The number of nitrogen functional groups attached to an aromatic ring is 1. The monoisotopic (exact) mass is 339 g/mol. The smallest absolute Gasteiger partial charge is 0.123 e. The number of benzene rings is 2. The van der Waals surface area contributed by atoms with Crippen molar-refractivity contribution >= 4 is 17.4 Å². The second kappa shape index (κ2) is 7.41. The summed E-state index contributed by atoms with van der Waals surface area (Å²) in [5.74, 6) is 0.0438. The largest absolute Gasteiger partial charge is 0.512 e. The fourth-order valence-corrected chi connectivity index (χ4v) is 3.71. The van der Waals surface area contributed by atoms with E-state index < -0.39 is 0 Å². The molecule has 1 unspecified atom stereocenters. The number of anilines is 1. The molecule has 0 amide bonds. The molecule has 0 saturated heterocycles. The summed E-state index contributed by atoms with van der Waals surface area (Å²) < 4.78 is 13.2. The van der Waals surface area contributed by atoms with Crippen LogP contribution in [-0.4, -0.2) is 5.11 Å². The van der Waals surface area contributed by atoms with E-state index in [0.29, 0.717) is 17.9 Å². The lowest BCUT2D eigenvalue weighted by atomic mass is 10.1. The van der Waals surface area contributed by atoms with Crippen molar-refractivity contribution in [3.63, 3.8) is 0 Å². The zero-order chi connectivity index (χ0) is 16.9. The molecular weight excluding hydrogens is 321 g/mol. The predicted molar refractivity (Wildman–Crippen MR) is 98.4 cm³/mol. The van der Waals surface area contributed by atoms with Crippen LogP contribution in [0.25, 0.3) is 0 Å². The van der Waals surface area contributed by atoms with Crippen LogP contribution in [0.3, 0.4) is 0 Å². The molecule has 1 aliphatic carbocycles. The Morgan fingerprint density at radius 2 is 1.71 bits per heavy atom. The van der Waals surface area contributed by atoms with E-state index in [0.717, 1.165) is 16.0 Å². The molecule has 0 radical (unpaired) electrons. The molecule has 1 atom stereocenters. The molecule has 0 aliphatic heterocycles. The zero-order valence-electron chi connectivity index (χ0n) is 13.0. The van der Waals surface area contributed by atoms with Gasteiger partial charge in [-0.25, -0.2) is 4.39 Å². The van der Waals surface area contributed by atoms with E-state index in [4.69, 9.17) is 5.73 Å². The molecule has 2 aromatic rings. The zero-order valence-corrected chi connectivity index (χ0v) is 13.8. The van der Waals surface area contributed by atoms with E-state index in [1.165, 1.54) is 12.1 Å². The fraction of sp³-hybridized carbons (Fsp3) is 0.100. The molecule has 24 heavy (non-hydrogen) atoms. The molecule has 122 valence electrons. The second-order valence-electron chi connectivity index (χ2n) is 5.52. The number of nitrogens with two attached hydrogens (primary N) is 1. The number of hydrogen-bond acceptors (Lipinski definition) is 3.